The van der Waals surface area contributed by atoms with Gasteiger partial charge in [-0.15, -0.1) is 0 Å². The lowest BCUT2D eigenvalue weighted by molar-refractivity contribution is 0.341. The number of hydrogen-bond acceptors (Lipinski definition) is 2. The fraction of sp³-hybridized carbons (Fsp3) is 0.350. The van der Waals surface area contributed by atoms with Crippen LogP contribution in [0.1, 0.15) is 45.6 Å². The first kappa shape index (κ1) is 18.0. The smallest absolute Gasteiger partial charge is 0.213 e. The second kappa shape index (κ2) is 10.6. The van der Waals surface area contributed by atoms with Crippen molar-refractivity contribution in [2.24, 2.45) is 0 Å². The van der Waals surface area contributed by atoms with Crippen LogP contribution in [0.15, 0.2) is 60.9 Å². The molecule has 0 aromatic carbocycles. The van der Waals surface area contributed by atoms with Gasteiger partial charge in [0.2, 0.25) is 5.88 Å². The molecule has 0 spiro atoms. The van der Waals surface area contributed by atoms with Crippen molar-refractivity contribution in [3.05, 3.63) is 66.4 Å². The van der Waals surface area contributed by atoms with Crippen LogP contribution in [0.25, 0.3) is 5.57 Å². The van der Waals surface area contributed by atoms with Crippen LogP contribution in [0, 0.1) is 0 Å². The molecule has 0 atom stereocenters. The van der Waals surface area contributed by atoms with E-state index in [1.54, 1.807) is 6.08 Å². The zero-order chi connectivity index (χ0) is 16.2. The van der Waals surface area contributed by atoms with Crippen LogP contribution >= 0.6 is 0 Å². The Balaban J connectivity index is 2.72. The normalized spacial score (nSPS) is 12.7. The standard InChI is InChI=1S/C20H27NO/c1-5-9-12-18(8-4)19-13-14-20(21-15-19)22-16-17(10-6-2)11-7-3/h6-7,10-15H,2,5,8-9,16H2,1,3-4H3/b11-7-,17-10+,18-12+. The summed E-state index contributed by atoms with van der Waals surface area (Å²) < 4.78 is 5.72. The SMILES string of the molecule is C=C/C=C(\C=C/C)COc1ccc(/C(=C/CCC)CC)cn1. The second-order valence-electron chi connectivity index (χ2n) is 5.02. The van der Waals surface area contributed by atoms with E-state index in [0.717, 1.165) is 18.4 Å². The summed E-state index contributed by atoms with van der Waals surface area (Å²) in [5.74, 6) is 0.647. The molecule has 0 radical (unpaired) electrons. The van der Waals surface area contributed by atoms with Crippen molar-refractivity contribution in [1.82, 2.24) is 4.98 Å². The van der Waals surface area contributed by atoms with E-state index in [-0.39, 0.29) is 0 Å². The number of allylic oxidation sites excluding steroid dienone is 5. The van der Waals surface area contributed by atoms with E-state index in [0.29, 0.717) is 12.5 Å². The number of hydrogen-bond donors (Lipinski definition) is 0. The molecule has 22 heavy (non-hydrogen) atoms. The van der Waals surface area contributed by atoms with Gasteiger partial charge in [-0.2, -0.15) is 0 Å². The topological polar surface area (TPSA) is 22.1 Å². The summed E-state index contributed by atoms with van der Waals surface area (Å²) in [6, 6.07) is 4.02. The van der Waals surface area contributed by atoms with E-state index in [2.05, 4.69) is 37.6 Å². The number of nitrogens with zero attached hydrogens (tertiary/aromatic N) is 1. The molecule has 118 valence electrons. The van der Waals surface area contributed by atoms with Gasteiger partial charge in [0, 0.05) is 12.3 Å². The van der Waals surface area contributed by atoms with E-state index in [1.165, 1.54) is 17.6 Å². The van der Waals surface area contributed by atoms with E-state index in [1.807, 2.05) is 37.4 Å². The number of pyridine rings is 1. The average Bonchev–Trinajstić information content (AvgIpc) is 2.55. The van der Waals surface area contributed by atoms with Crippen molar-refractivity contribution in [3.8, 4) is 5.88 Å². The van der Waals surface area contributed by atoms with Crippen LogP contribution in [0.4, 0.5) is 0 Å². The highest BCUT2D eigenvalue weighted by Crippen LogP contribution is 2.20. The lowest BCUT2D eigenvalue weighted by Gasteiger charge is -2.08. The number of rotatable bonds is 9. The second-order valence-corrected chi connectivity index (χ2v) is 5.02. The van der Waals surface area contributed by atoms with Gasteiger partial charge in [-0.1, -0.05) is 57.2 Å². The summed E-state index contributed by atoms with van der Waals surface area (Å²) in [6.45, 7) is 10.6. The van der Waals surface area contributed by atoms with Crippen LogP contribution in [-0.4, -0.2) is 11.6 Å². The lowest BCUT2D eigenvalue weighted by Crippen LogP contribution is -2.01. The number of unbranched alkanes of at least 4 members (excludes halogenated alkanes) is 1. The number of ether oxygens (including phenoxy) is 1. The molecular weight excluding hydrogens is 270 g/mol. The molecular formula is C20H27NO. The molecule has 1 aromatic rings. The van der Waals surface area contributed by atoms with Crippen molar-refractivity contribution in [3.63, 3.8) is 0 Å². The number of aromatic nitrogens is 1. The van der Waals surface area contributed by atoms with Crippen molar-refractivity contribution >= 4 is 5.57 Å². The summed E-state index contributed by atoms with van der Waals surface area (Å²) >= 11 is 0. The predicted molar refractivity (Wildman–Crippen MR) is 96.0 cm³/mol. The van der Waals surface area contributed by atoms with Crippen LogP contribution < -0.4 is 4.74 Å². The van der Waals surface area contributed by atoms with Crippen LogP contribution in [0.2, 0.25) is 0 Å². The Morgan fingerprint density at radius 3 is 2.68 bits per heavy atom. The molecule has 1 aromatic heterocycles. The van der Waals surface area contributed by atoms with Gasteiger partial charge in [0.1, 0.15) is 6.61 Å². The highest BCUT2D eigenvalue weighted by atomic mass is 16.5. The van der Waals surface area contributed by atoms with Gasteiger partial charge in [-0.25, -0.2) is 4.98 Å². The molecule has 0 saturated carbocycles. The van der Waals surface area contributed by atoms with Gasteiger partial charge < -0.3 is 4.74 Å². The molecule has 0 amide bonds. The van der Waals surface area contributed by atoms with E-state index >= 15 is 0 Å². The summed E-state index contributed by atoms with van der Waals surface area (Å²) in [5.41, 5.74) is 3.60. The molecule has 0 N–H and O–H groups in total. The van der Waals surface area contributed by atoms with Crippen molar-refractivity contribution in [1.29, 1.82) is 0 Å². The first-order valence-electron chi connectivity index (χ1n) is 7.97. The molecule has 0 bridgehead atoms. The fourth-order valence-corrected chi connectivity index (χ4v) is 2.12. The third-order valence-electron chi connectivity index (χ3n) is 3.27. The van der Waals surface area contributed by atoms with Gasteiger partial charge in [0.15, 0.2) is 0 Å². The highest BCUT2D eigenvalue weighted by Gasteiger charge is 2.02. The van der Waals surface area contributed by atoms with Crippen molar-refractivity contribution < 1.29 is 4.74 Å². The Morgan fingerprint density at radius 2 is 2.14 bits per heavy atom. The summed E-state index contributed by atoms with van der Waals surface area (Å²) in [5, 5.41) is 0. The summed E-state index contributed by atoms with van der Waals surface area (Å²) in [7, 11) is 0. The quantitative estimate of drug-likeness (QED) is 0.542. The van der Waals surface area contributed by atoms with E-state index in [9.17, 15) is 0 Å². The van der Waals surface area contributed by atoms with E-state index in [4.69, 9.17) is 4.74 Å². The first-order chi connectivity index (χ1) is 10.7. The molecule has 2 nitrogen and oxygen atoms in total. The van der Waals surface area contributed by atoms with Gasteiger partial charge in [-0.3, -0.25) is 0 Å². The Hall–Kier alpha value is -2.09. The Labute approximate surface area is 134 Å². The third-order valence-corrected chi connectivity index (χ3v) is 3.27. The minimum Gasteiger partial charge on any atom is -0.473 e. The largest absolute Gasteiger partial charge is 0.473 e. The van der Waals surface area contributed by atoms with Crippen LogP contribution in [0.5, 0.6) is 5.88 Å². The lowest BCUT2D eigenvalue weighted by atomic mass is 10.0. The van der Waals surface area contributed by atoms with Gasteiger partial charge in [-0.05, 0) is 42.5 Å². The highest BCUT2D eigenvalue weighted by molar-refractivity contribution is 5.64. The molecule has 1 rings (SSSR count). The monoisotopic (exact) mass is 297 g/mol. The molecule has 0 aliphatic carbocycles. The fourth-order valence-electron chi connectivity index (χ4n) is 2.12. The molecule has 0 aliphatic heterocycles. The minimum absolute atomic E-state index is 0.495. The van der Waals surface area contributed by atoms with Gasteiger partial charge in [0.25, 0.3) is 0 Å². The maximum atomic E-state index is 5.72. The zero-order valence-corrected chi connectivity index (χ0v) is 14.0. The molecule has 0 aliphatic rings. The van der Waals surface area contributed by atoms with Crippen molar-refractivity contribution in [2.75, 3.05) is 6.61 Å². The zero-order valence-electron chi connectivity index (χ0n) is 14.0. The molecule has 0 saturated heterocycles. The Kier molecular flexibility index (Phi) is 8.66. The molecule has 0 fully saturated rings. The maximum absolute atomic E-state index is 5.72. The maximum Gasteiger partial charge on any atom is 0.213 e. The van der Waals surface area contributed by atoms with E-state index < -0.39 is 0 Å². The molecule has 0 unspecified atom stereocenters. The minimum atomic E-state index is 0.495. The average molecular weight is 297 g/mol. The Morgan fingerprint density at radius 1 is 1.32 bits per heavy atom. The first-order valence-corrected chi connectivity index (χ1v) is 7.97. The van der Waals surface area contributed by atoms with Gasteiger partial charge >= 0.3 is 0 Å². The summed E-state index contributed by atoms with van der Waals surface area (Å²) in [4.78, 5) is 4.41. The van der Waals surface area contributed by atoms with Gasteiger partial charge in [0.05, 0.1) is 0 Å². The summed E-state index contributed by atoms with van der Waals surface area (Å²) in [6.07, 6.45) is 15.2. The molecule has 2 heteroatoms. The third kappa shape index (κ3) is 6.13. The predicted octanol–water partition coefficient (Wildman–Crippen LogP) is 5.74. The molecule has 1 heterocycles. The van der Waals surface area contributed by atoms with Crippen LogP contribution in [-0.2, 0) is 0 Å². The van der Waals surface area contributed by atoms with Crippen LogP contribution in [0.3, 0.4) is 0 Å². The van der Waals surface area contributed by atoms with Crippen molar-refractivity contribution in [2.45, 2.75) is 40.0 Å². The Bertz CT molecular complexity index is 535.